The van der Waals surface area contributed by atoms with Gasteiger partial charge in [-0.05, 0) is 49.1 Å². The van der Waals surface area contributed by atoms with Gasteiger partial charge < -0.3 is 10.2 Å². The van der Waals surface area contributed by atoms with E-state index < -0.39 is 6.04 Å². The minimum absolute atomic E-state index is 0.0455. The third-order valence-electron chi connectivity index (χ3n) is 6.14. The molecular weight excluding hydrogens is 500 g/mol. The fraction of sp³-hybridized carbons (Fsp3) is 0.355. The molecule has 0 heterocycles. The van der Waals surface area contributed by atoms with Crippen LogP contribution in [0.25, 0.3) is 0 Å². The first-order chi connectivity index (χ1) is 17.9. The van der Waals surface area contributed by atoms with Crippen molar-refractivity contribution in [1.82, 2.24) is 10.2 Å². The highest BCUT2D eigenvalue weighted by atomic mass is 35.5. The minimum Gasteiger partial charge on any atom is -0.354 e. The molecule has 0 saturated carbocycles. The number of thioether (sulfide) groups is 1. The molecule has 0 saturated heterocycles. The Bertz CT molecular complexity index is 1130. The fourth-order valence-electron chi connectivity index (χ4n) is 4.34. The molecule has 3 aromatic rings. The van der Waals surface area contributed by atoms with Gasteiger partial charge >= 0.3 is 0 Å². The Morgan fingerprint density at radius 1 is 0.919 bits per heavy atom. The van der Waals surface area contributed by atoms with Crippen molar-refractivity contribution in [2.75, 3.05) is 12.3 Å². The van der Waals surface area contributed by atoms with E-state index in [0.717, 1.165) is 29.7 Å². The molecule has 0 aliphatic rings. The van der Waals surface area contributed by atoms with Crippen LogP contribution in [0.3, 0.4) is 0 Å². The first kappa shape index (κ1) is 28.8. The summed E-state index contributed by atoms with van der Waals surface area (Å²) >= 11 is 7.69. The third kappa shape index (κ3) is 9.56. The first-order valence-electron chi connectivity index (χ1n) is 12.9. The van der Waals surface area contributed by atoms with Gasteiger partial charge in [-0.2, -0.15) is 0 Å². The molecule has 0 bridgehead atoms. The molecule has 2 amide bonds. The molecule has 0 aliphatic heterocycles. The van der Waals surface area contributed by atoms with Crippen LogP contribution in [0.15, 0.2) is 72.8 Å². The van der Waals surface area contributed by atoms with Crippen molar-refractivity contribution in [3.63, 3.8) is 0 Å². The monoisotopic (exact) mass is 536 g/mol. The largest absolute Gasteiger partial charge is 0.354 e. The van der Waals surface area contributed by atoms with Gasteiger partial charge in [0, 0.05) is 30.3 Å². The standard InChI is InChI=1S/C31H37ClN2O2S/c1-4-5-15-33-31(36)29(19-25-9-7-6-8-10-25)34(20-26-11-13-28(32)14-12-26)30(35)22-37-21-27-17-23(2)16-24(3)18-27/h6-14,16-18,29H,4-5,15,19-22H2,1-3H3,(H,33,36)/t29-/m1/s1. The Labute approximate surface area is 230 Å². The zero-order chi connectivity index (χ0) is 26.6. The number of hydrogen-bond acceptors (Lipinski definition) is 3. The van der Waals surface area contributed by atoms with Gasteiger partial charge in [-0.1, -0.05) is 96.7 Å². The second-order valence-corrected chi connectivity index (χ2v) is 10.9. The Morgan fingerprint density at radius 3 is 2.24 bits per heavy atom. The Morgan fingerprint density at radius 2 is 1.59 bits per heavy atom. The van der Waals surface area contributed by atoms with Crippen LogP contribution in [-0.2, 0) is 28.3 Å². The van der Waals surface area contributed by atoms with Gasteiger partial charge in [-0.25, -0.2) is 0 Å². The number of carbonyl (C=O) groups is 2. The maximum absolute atomic E-state index is 13.7. The molecule has 0 radical (unpaired) electrons. The van der Waals surface area contributed by atoms with Gasteiger partial charge in [-0.3, -0.25) is 9.59 Å². The van der Waals surface area contributed by atoms with Crippen molar-refractivity contribution in [3.05, 3.63) is 106 Å². The summed E-state index contributed by atoms with van der Waals surface area (Å²) in [7, 11) is 0. The van der Waals surface area contributed by atoms with Crippen LogP contribution < -0.4 is 5.32 Å². The molecule has 3 aromatic carbocycles. The smallest absolute Gasteiger partial charge is 0.243 e. The molecule has 4 nitrogen and oxygen atoms in total. The topological polar surface area (TPSA) is 49.4 Å². The summed E-state index contributed by atoms with van der Waals surface area (Å²) in [6.45, 7) is 7.22. The molecule has 1 atom stereocenters. The van der Waals surface area contributed by atoms with Crippen LogP contribution in [-0.4, -0.2) is 35.1 Å². The highest BCUT2D eigenvalue weighted by Crippen LogP contribution is 2.20. The number of nitrogens with zero attached hydrogens (tertiary/aromatic N) is 1. The quantitative estimate of drug-likeness (QED) is 0.246. The van der Waals surface area contributed by atoms with Gasteiger partial charge in [-0.15, -0.1) is 11.8 Å². The summed E-state index contributed by atoms with van der Waals surface area (Å²) < 4.78 is 0. The van der Waals surface area contributed by atoms with Crippen LogP contribution in [0.1, 0.15) is 47.6 Å². The third-order valence-corrected chi connectivity index (χ3v) is 7.38. The van der Waals surface area contributed by atoms with Crippen molar-refractivity contribution in [3.8, 4) is 0 Å². The maximum atomic E-state index is 13.7. The van der Waals surface area contributed by atoms with Crippen molar-refractivity contribution in [1.29, 1.82) is 0 Å². The van der Waals surface area contributed by atoms with Crippen molar-refractivity contribution in [2.24, 2.45) is 0 Å². The number of halogens is 1. The van der Waals surface area contributed by atoms with Gasteiger partial charge in [0.2, 0.25) is 11.8 Å². The molecule has 0 aliphatic carbocycles. The van der Waals surface area contributed by atoms with E-state index in [9.17, 15) is 9.59 Å². The number of amides is 2. The zero-order valence-electron chi connectivity index (χ0n) is 22.0. The van der Waals surface area contributed by atoms with Crippen LogP contribution in [0.4, 0.5) is 0 Å². The van der Waals surface area contributed by atoms with E-state index in [0.29, 0.717) is 30.3 Å². The summed E-state index contributed by atoms with van der Waals surface area (Å²) in [5.74, 6) is 0.887. The Balaban J connectivity index is 1.82. The number of nitrogens with one attached hydrogen (secondary N) is 1. The van der Waals surface area contributed by atoms with Crippen LogP contribution in [0.2, 0.25) is 5.02 Å². The van der Waals surface area contributed by atoms with Crippen LogP contribution in [0, 0.1) is 13.8 Å². The summed E-state index contributed by atoms with van der Waals surface area (Å²) in [5.41, 5.74) is 5.61. The highest BCUT2D eigenvalue weighted by Gasteiger charge is 2.30. The molecular formula is C31H37ClN2O2S. The second-order valence-electron chi connectivity index (χ2n) is 9.49. The molecule has 1 N–H and O–H groups in total. The van der Waals surface area contributed by atoms with E-state index in [2.05, 4.69) is 44.3 Å². The van der Waals surface area contributed by atoms with E-state index in [4.69, 9.17) is 11.6 Å². The lowest BCUT2D eigenvalue weighted by Gasteiger charge is -2.31. The lowest BCUT2D eigenvalue weighted by Crippen LogP contribution is -2.51. The van der Waals surface area contributed by atoms with Crippen LogP contribution in [0.5, 0.6) is 0 Å². The summed E-state index contributed by atoms with van der Waals surface area (Å²) in [5, 5.41) is 3.71. The molecule has 0 aromatic heterocycles. The molecule has 0 spiro atoms. The van der Waals surface area contributed by atoms with Gasteiger partial charge in [0.15, 0.2) is 0 Å². The average Bonchev–Trinajstić information content (AvgIpc) is 2.87. The first-order valence-corrected chi connectivity index (χ1v) is 14.4. The minimum atomic E-state index is -0.607. The molecule has 3 rings (SSSR count). The predicted octanol–water partition coefficient (Wildman–Crippen LogP) is 6.75. The predicted molar refractivity (Wildman–Crippen MR) is 156 cm³/mol. The lowest BCUT2D eigenvalue weighted by atomic mass is 10.0. The normalized spacial score (nSPS) is 11.7. The molecule has 0 fully saturated rings. The van der Waals surface area contributed by atoms with Gasteiger partial charge in [0.05, 0.1) is 5.75 Å². The maximum Gasteiger partial charge on any atom is 0.243 e. The number of rotatable bonds is 13. The highest BCUT2D eigenvalue weighted by molar-refractivity contribution is 7.99. The number of aryl methyl sites for hydroxylation is 2. The molecule has 196 valence electrons. The van der Waals surface area contributed by atoms with Gasteiger partial charge in [0.25, 0.3) is 0 Å². The fourth-order valence-corrected chi connectivity index (χ4v) is 5.31. The number of hydrogen-bond donors (Lipinski definition) is 1. The van der Waals surface area contributed by atoms with Crippen molar-refractivity contribution in [2.45, 2.75) is 58.4 Å². The second kappa shape index (κ2) is 14.8. The molecule has 0 unspecified atom stereocenters. The van der Waals surface area contributed by atoms with E-state index >= 15 is 0 Å². The molecule has 37 heavy (non-hydrogen) atoms. The van der Waals surface area contributed by atoms with Gasteiger partial charge in [0.1, 0.15) is 6.04 Å². The summed E-state index contributed by atoms with van der Waals surface area (Å²) in [6.07, 6.45) is 2.35. The zero-order valence-corrected chi connectivity index (χ0v) is 23.6. The Kier molecular flexibility index (Phi) is 11.6. The van der Waals surface area contributed by atoms with Crippen molar-refractivity contribution < 1.29 is 9.59 Å². The average molecular weight is 537 g/mol. The summed E-state index contributed by atoms with van der Waals surface area (Å²) in [4.78, 5) is 28.9. The van der Waals surface area contributed by atoms with Crippen molar-refractivity contribution >= 4 is 35.2 Å². The van der Waals surface area contributed by atoms with E-state index in [1.54, 1.807) is 16.7 Å². The SMILES string of the molecule is CCCCNC(=O)[C@@H](Cc1ccccc1)N(Cc1ccc(Cl)cc1)C(=O)CSCc1cc(C)cc(C)c1. The number of carbonyl (C=O) groups excluding carboxylic acids is 2. The van der Waals surface area contributed by atoms with E-state index in [1.165, 1.54) is 16.7 Å². The van der Waals surface area contributed by atoms with E-state index in [-0.39, 0.29) is 11.8 Å². The Hall–Kier alpha value is -2.76. The lowest BCUT2D eigenvalue weighted by molar-refractivity contribution is -0.139. The molecule has 6 heteroatoms. The van der Waals surface area contributed by atoms with Crippen LogP contribution >= 0.6 is 23.4 Å². The summed E-state index contributed by atoms with van der Waals surface area (Å²) in [6, 6.07) is 23.2. The number of unbranched alkanes of at least 4 members (excludes halogenated alkanes) is 1. The number of benzene rings is 3. The van der Waals surface area contributed by atoms with E-state index in [1.807, 2.05) is 54.6 Å².